The summed E-state index contributed by atoms with van der Waals surface area (Å²) in [6.45, 7) is 6.41. The zero-order chi connectivity index (χ0) is 17.2. The van der Waals surface area contributed by atoms with E-state index in [0.29, 0.717) is 19.0 Å². The molecule has 25 heavy (non-hydrogen) atoms. The molecule has 0 aromatic carbocycles. The summed E-state index contributed by atoms with van der Waals surface area (Å²) < 4.78 is 5.49. The van der Waals surface area contributed by atoms with E-state index in [-0.39, 0.29) is 24.0 Å². The summed E-state index contributed by atoms with van der Waals surface area (Å²) in [5.41, 5.74) is 1.09. The molecule has 2 N–H and O–H groups in total. The van der Waals surface area contributed by atoms with Crippen molar-refractivity contribution in [3.63, 3.8) is 0 Å². The second kappa shape index (κ2) is 12.1. The molecule has 5 nitrogen and oxygen atoms in total. The van der Waals surface area contributed by atoms with E-state index in [0.717, 1.165) is 30.9 Å². The Labute approximate surface area is 171 Å². The van der Waals surface area contributed by atoms with Crippen LogP contribution in [0.2, 0.25) is 0 Å². The monoisotopic (exact) mass is 474 g/mol. The molecule has 7 heteroatoms. The topological polar surface area (TPSA) is 58.5 Å². The van der Waals surface area contributed by atoms with Crippen molar-refractivity contribution in [2.24, 2.45) is 4.99 Å². The van der Waals surface area contributed by atoms with Gasteiger partial charge in [0, 0.05) is 35.6 Å². The summed E-state index contributed by atoms with van der Waals surface area (Å²) >= 11 is 1.84. The molecule has 2 heterocycles. The Kier molecular flexibility index (Phi) is 10.5. The average molecular weight is 474 g/mol. The van der Waals surface area contributed by atoms with Gasteiger partial charge in [0.25, 0.3) is 0 Å². The van der Waals surface area contributed by atoms with Crippen molar-refractivity contribution in [3.8, 4) is 5.88 Å². The van der Waals surface area contributed by atoms with Gasteiger partial charge < -0.3 is 15.4 Å². The molecule has 2 rings (SSSR count). The maximum absolute atomic E-state index is 5.49. The van der Waals surface area contributed by atoms with Crippen LogP contribution in [0.4, 0.5) is 0 Å². The lowest BCUT2D eigenvalue weighted by atomic mass is 10.3. The first-order chi connectivity index (χ1) is 11.7. The highest BCUT2D eigenvalue weighted by Gasteiger charge is 2.02. The first-order valence-corrected chi connectivity index (χ1v) is 9.16. The second-order valence-electron chi connectivity index (χ2n) is 5.35. The third-order valence-electron chi connectivity index (χ3n) is 3.43. The molecule has 2 aromatic rings. The van der Waals surface area contributed by atoms with Crippen LogP contribution in [-0.4, -0.2) is 24.6 Å². The zero-order valence-corrected chi connectivity index (χ0v) is 18.2. The summed E-state index contributed by atoms with van der Waals surface area (Å²) in [6.07, 6.45) is 3.90. The van der Waals surface area contributed by atoms with E-state index < -0.39 is 0 Å². The van der Waals surface area contributed by atoms with Crippen LogP contribution in [0, 0.1) is 0 Å². The van der Waals surface area contributed by atoms with Gasteiger partial charge in [-0.15, -0.1) is 35.3 Å². The summed E-state index contributed by atoms with van der Waals surface area (Å²) in [5, 5.41) is 6.64. The number of aromatic nitrogens is 1. The van der Waals surface area contributed by atoms with Crippen molar-refractivity contribution < 1.29 is 4.74 Å². The Balaban J connectivity index is 0.00000312. The highest BCUT2D eigenvalue weighted by molar-refractivity contribution is 14.0. The third kappa shape index (κ3) is 7.60. The molecule has 0 aliphatic rings. The maximum atomic E-state index is 5.49. The Bertz CT molecular complexity index is 643. The van der Waals surface area contributed by atoms with Gasteiger partial charge in [0.15, 0.2) is 5.96 Å². The fourth-order valence-corrected chi connectivity index (χ4v) is 2.99. The molecule has 0 radical (unpaired) electrons. The molecular formula is C18H27IN4OS. The maximum Gasteiger partial charge on any atom is 0.213 e. The van der Waals surface area contributed by atoms with Crippen molar-refractivity contribution in [1.82, 2.24) is 15.6 Å². The highest BCUT2D eigenvalue weighted by atomic mass is 127. The average Bonchev–Trinajstić information content (AvgIpc) is 3.09. The Morgan fingerprint density at radius 3 is 2.48 bits per heavy atom. The first kappa shape index (κ1) is 21.7. The molecule has 0 aliphatic carbocycles. The number of pyridine rings is 1. The molecule has 0 fully saturated rings. The molecule has 0 atom stereocenters. The number of halogens is 1. The number of aryl methyl sites for hydroxylation is 1. The summed E-state index contributed by atoms with van der Waals surface area (Å²) in [6, 6.07) is 8.28. The van der Waals surface area contributed by atoms with Gasteiger partial charge in [-0.25, -0.2) is 4.98 Å². The van der Waals surface area contributed by atoms with E-state index in [1.165, 1.54) is 9.75 Å². The Morgan fingerprint density at radius 2 is 1.88 bits per heavy atom. The van der Waals surface area contributed by atoms with E-state index in [1.54, 1.807) is 7.05 Å². The lowest BCUT2D eigenvalue weighted by Crippen LogP contribution is -2.36. The number of nitrogens with zero attached hydrogens (tertiary/aromatic N) is 2. The van der Waals surface area contributed by atoms with Crippen LogP contribution in [0.1, 0.15) is 35.6 Å². The van der Waals surface area contributed by atoms with Crippen molar-refractivity contribution in [2.75, 3.05) is 13.7 Å². The SMILES string of the molecule is CCCOc1ccc(CNC(=NC)NCc2ccc(CC)s2)cn1.I. The number of hydrogen-bond donors (Lipinski definition) is 2. The molecule has 0 unspecified atom stereocenters. The first-order valence-electron chi connectivity index (χ1n) is 8.35. The van der Waals surface area contributed by atoms with E-state index in [1.807, 2.05) is 29.7 Å². The Morgan fingerprint density at radius 1 is 1.12 bits per heavy atom. The van der Waals surface area contributed by atoms with E-state index in [4.69, 9.17) is 4.74 Å². The molecular weight excluding hydrogens is 447 g/mol. The van der Waals surface area contributed by atoms with Gasteiger partial charge >= 0.3 is 0 Å². The minimum Gasteiger partial charge on any atom is -0.478 e. The van der Waals surface area contributed by atoms with Gasteiger partial charge in [-0.2, -0.15) is 0 Å². The molecule has 2 aromatic heterocycles. The highest BCUT2D eigenvalue weighted by Crippen LogP contribution is 2.16. The molecule has 0 saturated carbocycles. The number of hydrogen-bond acceptors (Lipinski definition) is 4. The minimum absolute atomic E-state index is 0. The fourth-order valence-electron chi connectivity index (χ4n) is 2.09. The molecule has 0 amide bonds. The van der Waals surface area contributed by atoms with Gasteiger partial charge in [-0.1, -0.05) is 19.9 Å². The number of guanidine groups is 1. The van der Waals surface area contributed by atoms with Crippen molar-refractivity contribution in [3.05, 3.63) is 45.8 Å². The Hall–Kier alpha value is -1.35. The smallest absolute Gasteiger partial charge is 0.213 e. The van der Waals surface area contributed by atoms with E-state index in [9.17, 15) is 0 Å². The van der Waals surface area contributed by atoms with Crippen molar-refractivity contribution in [2.45, 2.75) is 39.8 Å². The van der Waals surface area contributed by atoms with E-state index in [2.05, 4.69) is 46.6 Å². The zero-order valence-electron chi connectivity index (χ0n) is 15.0. The molecule has 0 spiro atoms. The minimum atomic E-state index is 0. The normalized spacial score (nSPS) is 10.9. The van der Waals surface area contributed by atoms with Gasteiger partial charge in [-0.05, 0) is 30.5 Å². The van der Waals surface area contributed by atoms with Gasteiger partial charge in [0.05, 0.1) is 13.2 Å². The van der Waals surface area contributed by atoms with Gasteiger partial charge in [0.1, 0.15) is 0 Å². The predicted octanol–water partition coefficient (Wildman–Crippen LogP) is 3.98. The molecule has 0 saturated heterocycles. The van der Waals surface area contributed by atoms with Crippen LogP contribution in [0.25, 0.3) is 0 Å². The van der Waals surface area contributed by atoms with Crippen LogP contribution < -0.4 is 15.4 Å². The standard InChI is InChI=1S/C18H26N4OS.HI/c1-4-10-23-17-9-6-14(11-20-17)12-21-18(19-3)22-13-16-8-7-15(5-2)24-16;/h6-9,11H,4-5,10,12-13H2,1-3H3,(H2,19,21,22);1H. The van der Waals surface area contributed by atoms with Crippen LogP contribution in [0.5, 0.6) is 5.88 Å². The van der Waals surface area contributed by atoms with Crippen molar-refractivity contribution >= 4 is 41.3 Å². The van der Waals surface area contributed by atoms with Gasteiger partial charge in [0.2, 0.25) is 5.88 Å². The quantitative estimate of drug-likeness (QED) is 0.345. The lowest BCUT2D eigenvalue weighted by molar-refractivity contribution is 0.305. The summed E-state index contributed by atoms with van der Waals surface area (Å²) in [5.74, 6) is 1.46. The number of thiophene rings is 1. The molecule has 0 bridgehead atoms. The van der Waals surface area contributed by atoms with E-state index >= 15 is 0 Å². The largest absolute Gasteiger partial charge is 0.478 e. The predicted molar refractivity (Wildman–Crippen MR) is 116 cm³/mol. The van der Waals surface area contributed by atoms with Crippen LogP contribution in [-0.2, 0) is 19.5 Å². The van der Waals surface area contributed by atoms with Gasteiger partial charge in [-0.3, -0.25) is 4.99 Å². The van der Waals surface area contributed by atoms with Crippen molar-refractivity contribution in [1.29, 1.82) is 0 Å². The number of rotatable bonds is 8. The number of ether oxygens (including phenoxy) is 1. The molecule has 0 aliphatic heterocycles. The summed E-state index contributed by atoms with van der Waals surface area (Å²) in [7, 11) is 1.78. The van der Waals surface area contributed by atoms with Crippen LogP contribution in [0.15, 0.2) is 35.5 Å². The second-order valence-corrected chi connectivity index (χ2v) is 6.61. The molecule has 138 valence electrons. The summed E-state index contributed by atoms with van der Waals surface area (Å²) in [4.78, 5) is 11.3. The van der Waals surface area contributed by atoms with Crippen LogP contribution >= 0.6 is 35.3 Å². The lowest BCUT2D eigenvalue weighted by Gasteiger charge is -2.11. The third-order valence-corrected chi connectivity index (χ3v) is 4.66. The number of aliphatic imine (C=N–C) groups is 1. The number of nitrogens with one attached hydrogen (secondary N) is 2. The van der Waals surface area contributed by atoms with Crippen LogP contribution in [0.3, 0.4) is 0 Å². The fraction of sp³-hybridized carbons (Fsp3) is 0.444.